The van der Waals surface area contributed by atoms with Gasteiger partial charge in [-0.05, 0) is 56.6 Å². The molecule has 2 aromatic rings. The zero-order chi connectivity index (χ0) is 30.4. The van der Waals surface area contributed by atoms with Crippen LogP contribution in [0.15, 0.2) is 42.5 Å². The molecule has 3 atom stereocenters. The lowest BCUT2D eigenvalue weighted by Crippen LogP contribution is -2.50. The second kappa shape index (κ2) is 13.8. The van der Waals surface area contributed by atoms with Crippen LogP contribution in [0.25, 0.3) is 0 Å². The number of aliphatic hydroxyl groups is 1. The predicted molar refractivity (Wildman–Crippen MR) is 154 cm³/mol. The van der Waals surface area contributed by atoms with E-state index in [0.717, 1.165) is 49.8 Å². The largest absolute Gasteiger partial charge is 0.486 e. The number of hydrogen-bond donors (Lipinski definition) is 3. The molecule has 1 saturated carbocycles. The van der Waals surface area contributed by atoms with Gasteiger partial charge in [0.05, 0.1) is 29.5 Å². The van der Waals surface area contributed by atoms with E-state index in [-0.39, 0.29) is 41.8 Å². The number of para-hydroxylation sites is 1. The SMILES string of the molecule is C[C@H]1CN([C@@H](C)CO)C(=O)c2cccc(NC(=O)NC3CCCCC3)c2O[C@H]1CN(C)Cc1ccc(C(F)(F)F)cc1. The van der Waals surface area contributed by atoms with Gasteiger partial charge in [-0.2, -0.15) is 13.2 Å². The smallest absolute Gasteiger partial charge is 0.416 e. The summed E-state index contributed by atoms with van der Waals surface area (Å²) in [7, 11) is 1.86. The van der Waals surface area contributed by atoms with Crippen molar-refractivity contribution in [3.05, 3.63) is 59.2 Å². The van der Waals surface area contributed by atoms with Crippen LogP contribution in [0.5, 0.6) is 5.75 Å². The van der Waals surface area contributed by atoms with Crippen LogP contribution in [-0.4, -0.2) is 71.8 Å². The maximum Gasteiger partial charge on any atom is 0.416 e. The molecule has 0 radical (unpaired) electrons. The molecule has 2 aliphatic rings. The number of hydrogen-bond acceptors (Lipinski definition) is 5. The third-order valence-corrected chi connectivity index (χ3v) is 8.11. The van der Waals surface area contributed by atoms with Crippen molar-refractivity contribution in [2.45, 2.75) is 76.9 Å². The number of carbonyl (C=O) groups is 2. The Balaban J connectivity index is 1.57. The van der Waals surface area contributed by atoms with Crippen molar-refractivity contribution in [3.8, 4) is 5.75 Å². The van der Waals surface area contributed by atoms with Gasteiger partial charge in [-0.25, -0.2) is 4.79 Å². The first-order valence-corrected chi connectivity index (χ1v) is 14.6. The number of aliphatic hydroxyl groups excluding tert-OH is 1. The monoisotopic (exact) mass is 590 g/mol. The normalized spacial score (nSPS) is 20.8. The third-order valence-electron chi connectivity index (χ3n) is 8.11. The molecule has 0 aromatic heterocycles. The minimum atomic E-state index is -4.39. The molecule has 11 heteroatoms. The Morgan fingerprint density at radius 1 is 1.14 bits per heavy atom. The first-order valence-electron chi connectivity index (χ1n) is 14.6. The summed E-state index contributed by atoms with van der Waals surface area (Å²) in [5.74, 6) is -0.211. The van der Waals surface area contributed by atoms with Crippen LogP contribution in [-0.2, 0) is 12.7 Å². The molecular formula is C31H41F3N4O4. The molecular weight excluding hydrogens is 549 g/mol. The summed E-state index contributed by atoms with van der Waals surface area (Å²) >= 11 is 0. The highest BCUT2D eigenvalue weighted by Crippen LogP contribution is 2.35. The molecule has 4 rings (SSSR count). The average Bonchev–Trinajstić information content (AvgIpc) is 2.95. The molecule has 1 aliphatic heterocycles. The second-order valence-corrected chi connectivity index (χ2v) is 11.6. The Morgan fingerprint density at radius 2 is 1.83 bits per heavy atom. The Hall–Kier alpha value is -3.31. The molecule has 2 aromatic carbocycles. The number of ether oxygens (including phenoxy) is 1. The maximum absolute atomic E-state index is 13.7. The maximum atomic E-state index is 13.7. The number of halogens is 3. The Bertz CT molecular complexity index is 1220. The van der Waals surface area contributed by atoms with Gasteiger partial charge in [-0.3, -0.25) is 9.69 Å². The summed E-state index contributed by atoms with van der Waals surface area (Å²) in [6.07, 6.45) is 0.325. The van der Waals surface area contributed by atoms with E-state index in [1.165, 1.54) is 12.1 Å². The number of alkyl halides is 3. The first-order chi connectivity index (χ1) is 20.0. The molecule has 0 bridgehead atoms. The van der Waals surface area contributed by atoms with Crippen molar-refractivity contribution < 1.29 is 32.6 Å². The van der Waals surface area contributed by atoms with E-state index in [2.05, 4.69) is 10.6 Å². The van der Waals surface area contributed by atoms with E-state index >= 15 is 0 Å². The number of rotatable bonds is 8. The summed E-state index contributed by atoms with van der Waals surface area (Å²) in [6.45, 7) is 4.64. The standard InChI is InChI=1S/C31H41F3N4O4/c1-20-16-38(21(2)19-39)29(40)25-10-7-11-26(36-30(41)35-24-8-5-4-6-9-24)28(25)42-27(20)18-37(3)17-22-12-14-23(15-13-22)31(32,33)34/h7,10-15,20-21,24,27,39H,4-6,8-9,16-19H2,1-3H3,(H2,35,36,41)/t20-,21-,27-/m0/s1. The highest BCUT2D eigenvalue weighted by molar-refractivity contribution is 6.01. The number of nitrogens with zero attached hydrogens (tertiary/aromatic N) is 2. The molecule has 0 saturated heterocycles. The quantitative estimate of drug-likeness (QED) is 0.377. The summed E-state index contributed by atoms with van der Waals surface area (Å²) in [5.41, 5.74) is 0.679. The van der Waals surface area contributed by atoms with E-state index in [1.807, 2.05) is 18.9 Å². The molecule has 42 heavy (non-hydrogen) atoms. The van der Waals surface area contributed by atoms with Gasteiger partial charge in [-0.15, -0.1) is 0 Å². The second-order valence-electron chi connectivity index (χ2n) is 11.6. The fourth-order valence-corrected chi connectivity index (χ4v) is 5.63. The number of anilines is 1. The van der Waals surface area contributed by atoms with Crippen LogP contribution in [0.1, 0.15) is 67.4 Å². The lowest BCUT2D eigenvalue weighted by molar-refractivity contribution is -0.137. The van der Waals surface area contributed by atoms with Crippen molar-refractivity contribution in [3.63, 3.8) is 0 Å². The van der Waals surface area contributed by atoms with Crippen LogP contribution in [0.3, 0.4) is 0 Å². The van der Waals surface area contributed by atoms with E-state index in [1.54, 1.807) is 30.0 Å². The van der Waals surface area contributed by atoms with Crippen LogP contribution in [0.4, 0.5) is 23.7 Å². The Labute approximate surface area is 245 Å². The Morgan fingerprint density at radius 3 is 2.48 bits per heavy atom. The van der Waals surface area contributed by atoms with E-state index in [4.69, 9.17) is 4.74 Å². The van der Waals surface area contributed by atoms with Gasteiger partial charge < -0.3 is 25.4 Å². The van der Waals surface area contributed by atoms with Crippen molar-refractivity contribution in [1.82, 2.24) is 15.1 Å². The zero-order valence-corrected chi connectivity index (χ0v) is 24.4. The molecule has 230 valence electrons. The highest BCUT2D eigenvalue weighted by atomic mass is 19.4. The van der Waals surface area contributed by atoms with Crippen LogP contribution in [0.2, 0.25) is 0 Å². The van der Waals surface area contributed by atoms with E-state index < -0.39 is 23.9 Å². The molecule has 3 amide bonds. The van der Waals surface area contributed by atoms with Gasteiger partial charge in [0, 0.05) is 31.6 Å². The van der Waals surface area contributed by atoms with Crippen molar-refractivity contribution in [2.75, 3.05) is 32.1 Å². The third kappa shape index (κ3) is 7.95. The molecule has 1 heterocycles. The fraction of sp³-hybridized carbons (Fsp3) is 0.548. The predicted octanol–water partition coefficient (Wildman–Crippen LogP) is 5.51. The van der Waals surface area contributed by atoms with E-state index in [9.17, 15) is 27.9 Å². The van der Waals surface area contributed by atoms with Crippen LogP contribution in [0, 0.1) is 5.92 Å². The van der Waals surface area contributed by atoms with Gasteiger partial charge >= 0.3 is 12.2 Å². The van der Waals surface area contributed by atoms with Gasteiger partial charge in [0.25, 0.3) is 5.91 Å². The average molecular weight is 591 g/mol. The van der Waals surface area contributed by atoms with E-state index in [0.29, 0.717) is 25.3 Å². The molecule has 0 spiro atoms. The molecule has 1 fully saturated rings. The zero-order valence-electron chi connectivity index (χ0n) is 24.4. The number of benzene rings is 2. The number of amides is 3. The van der Waals surface area contributed by atoms with Crippen molar-refractivity contribution in [2.24, 2.45) is 5.92 Å². The summed E-state index contributed by atoms with van der Waals surface area (Å²) in [6, 6.07) is 9.41. The summed E-state index contributed by atoms with van der Waals surface area (Å²) < 4.78 is 45.5. The van der Waals surface area contributed by atoms with Crippen molar-refractivity contribution >= 4 is 17.6 Å². The topological polar surface area (TPSA) is 94.1 Å². The fourth-order valence-electron chi connectivity index (χ4n) is 5.63. The van der Waals surface area contributed by atoms with Gasteiger partial charge in [0.1, 0.15) is 6.10 Å². The molecule has 0 unspecified atom stereocenters. The van der Waals surface area contributed by atoms with Gasteiger partial charge in [0.2, 0.25) is 0 Å². The number of fused-ring (bicyclic) bond motifs is 1. The lowest BCUT2D eigenvalue weighted by atomic mass is 9.96. The summed E-state index contributed by atoms with van der Waals surface area (Å²) in [5, 5.41) is 15.8. The number of carbonyl (C=O) groups excluding carboxylic acids is 2. The van der Waals surface area contributed by atoms with Crippen LogP contribution >= 0.6 is 0 Å². The first kappa shape index (κ1) is 31.6. The molecule has 3 N–H and O–H groups in total. The minimum absolute atomic E-state index is 0.0966. The molecule has 1 aliphatic carbocycles. The number of likely N-dealkylation sites (N-methyl/N-ethyl adjacent to an activating group) is 1. The number of urea groups is 1. The number of nitrogens with one attached hydrogen (secondary N) is 2. The molecule has 8 nitrogen and oxygen atoms in total. The lowest BCUT2D eigenvalue weighted by Gasteiger charge is -2.38. The minimum Gasteiger partial charge on any atom is -0.486 e. The van der Waals surface area contributed by atoms with Gasteiger partial charge in [0.15, 0.2) is 5.75 Å². The Kier molecular flexibility index (Phi) is 10.4. The summed E-state index contributed by atoms with van der Waals surface area (Å²) in [4.78, 5) is 30.2. The van der Waals surface area contributed by atoms with Crippen molar-refractivity contribution in [1.29, 1.82) is 0 Å². The van der Waals surface area contributed by atoms with Crippen LogP contribution < -0.4 is 15.4 Å². The van der Waals surface area contributed by atoms with Gasteiger partial charge in [-0.1, -0.05) is 44.4 Å². The highest BCUT2D eigenvalue weighted by Gasteiger charge is 2.35.